The number of aliphatic hydroxyl groups excluding tert-OH is 1. The molecule has 7 nitrogen and oxygen atoms in total. The van der Waals surface area contributed by atoms with Crippen LogP contribution in [0.25, 0.3) is 0 Å². The SMILES string of the molecule is CCn1cc(O[C@@H]2CN(c3ccc(C#N)c(C)n3)C[C@H]2O)cn1. The molecule has 2 aromatic rings. The van der Waals surface area contributed by atoms with Gasteiger partial charge in [-0.1, -0.05) is 0 Å². The molecule has 23 heavy (non-hydrogen) atoms. The molecule has 1 aliphatic rings. The minimum absolute atomic E-state index is 0.331. The first kappa shape index (κ1) is 15.3. The van der Waals surface area contributed by atoms with Gasteiger partial charge in [-0.2, -0.15) is 10.4 Å². The Balaban J connectivity index is 1.70. The Hall–Kier alpha value is -2.59. The van der Waals surface area contributed by atoms with Gasteiger partial charge >= 0.3 is 0 Å². The maximum Gasteiger partial charge on any atom is 0.157 e. The molecule has 1 aliphatic heterocycles. The third-order valence-electron chi connectivity index (χ3n) is 3.97. The van der Waals surface area contributed by atoms with E-state index < -0.39 is 6.10 Å². The molecule has 0 aromatic carbocycles. The zero-order chi connectivity index (χ0) is 16.4. The fraction of sp³-hybridized carbons (Fsp3) is 0.438. The minimum Gasteiger partial charge on any atom is -0.482 e. The molecule has 3 heterocycles. The Kier molecular flexibility index (Phi) is 4.17. The molecule has 0 aliphatic carbocycles. The van der Waals surface area contributed by atoms with Crippen molar-refractivity contribution < 1.29 is 9.84 Å². The molecule has 1 N–H and O–H groups in total. The van der Waals surface area contributed by atoms with Crippen LogP contribution in [-0.2, 0) is 6.54 Å². The van der Waals surface area contributed by atoms with E-state index in [-0.39, 0.29) is 6.10 Å². The first-order chi connectivity index (χ1) is 11.1. The number of nitrogens with zero attached hydrogens (tertiary/aromatic N) is 5. The van der Waals surface area contributed by atoms with E-state index in [1.54, 1.807) is 23.0 Å². The van der Waals surface area contributed by atoms with Crippen molar-refractivity contribution in [3.05, 3.63) is 35.8 Å². The maximum atomic E-state index is 10.2. The molecule has 0 saturated carbocycles. The molecule has 1 fully saturated rings. The van der Waals surface area contributed by atoms with E-state index in [1.807, 2.05) is 24.9 Å². The first-order valence-electron chi connectivity index (χ1n) is 7.60. The largest absolute Gasteiger partial charge is 0.482 e. The lowest BCUT2D eigenvalue weighted by atomic mass is 10.2. The van der Waals surface area contributed by atoms with Crippen LogP contribution in [0.1, 0.15) is 18.2 Å². The van der Waals surface area contributed by atoms with Crippen LogP contribution in [0, 0.1) is 18.3 Å². The standard InChI is InChI=1S/C16H19N5O2/c1-3-21-8-13(7-18-21)23-15-10-20(9-14(15)22)16-5-4-12(6-17)11(2)19-16/h4-5,7-8,14-15,22H,3,9-10H2,1-2H3/t14-,15-/m1/s1. The highest BCUT2D eigenvalue weighted by Crippen LogP contribution is 2.23. The number of hydrogen-bond acceptors (Lipinski definition) is 6. The summed E-state index contributed by atoms with van der Waals surface area (Å²) in [6.07, 6.45) is 2.54. The topological polar surface area (TPSA) is 87.2 Å². The van der Waals surface area contributed by atoms with E-state index >= 15 is 0 Å². The van der Waals surface area contributed by atoms with Crippen LogP contribution in [-0.4, -0.2) is 45.2 Å². The van der Waals surface area contributed by atoms with Gasteiger partial charge in [0, 0.05) is 13.1 Å². The molecule has 3 rings (SSSR count). The van der Waals surface area contributed by atoms with Crippen LogP contribution in [0.2, 0.25) is 0 Å². The highest BCUT2D eigenvalue weighted by atomic mass is 16.5. The molecular formula is C16H19N5O2. The number of aryl methyl sites for hydroxylation is 2. The van der Waals surface area contributed by atoms with Crippen molar-refractivity contribution in [2.24, 2.45) is 0 Å². The summed E-state index contributed by atoms with van der Waals surface area (Å²) in [7, 11) is 0. The van der Waals surface area contributed by atoms with E-state index in [9.17, 15) is 5.11 Å². The first-order valence-corrected chi connectivity index (χ1v) is 7.60. The lowest BCUT2D eigenvalue weighted by Crippen LogP contribution is -2.29. The van der Waals surface area contributed by atoms with Gasteiger partial charge in [0.05, 0.1) is 30.2 Å². The van der Waals surface area contributed by atoms with Gasteiger partial charge in [0.1, 0.15) is 24.1 Å². The molecule has 1 saturated heterocycles. The zero-order valence-corrected chi connectivity index (χ0v) is 13.2. The van der Waals surface area contributed by atoms with Gasteiger partial charge in [-0.05, 0) is 26.0 Å². The quantitative estimate of drug-likeness (QED) is 0.909. The molecule has 2 aromatic heterocycles. The number of hydrogen-bond donors (Lipinski definition) is 1. The number of aromatic nitrogens is 3. The number of pyridine rings is 1. The van der Waals surface area contributed by atoms with E-state index in [0.29, 0.717) is 30.1 Å². The lowest BCUT2D eigenvalue weighted by Gasteiger charge is -2.17. The second-order valence-electron chi connectivity index (χ2n) is 5.57. The Morgan fingerprint density at radius 1 is 1.43 bits per heavy atom. The Morgan fingerprint density at radius 3 is 2.91 bits per heavy atom. The van der Waals surface area contributed by atoms with Gasteiger partial charge in [-0.3, -0.25) is 4.68 Å². The molecule has 0 unspecified atom stereocenters. The van der Waals surface area contributed by atoms with Gasteiger partial charge in [0.15, 0.2) is 5.75 Å². The predicted octanol–water partition coefficient (Wildman–Crippen LogP) is 1.11. The van der Waals surface area contributed by atoms with Crippen molar-refractivity contribution in [1.82, 2.24) is 14.8 Å². The van der Waals surface area contributed by atoms with Crippen molar-refractivity contribution in [1.29, 1.82) is 5.26 Å². The summed E-state index contributed by atoms with van der Waals surface area (Å²) >= 11 is 0. The van der Waals surface area contributed by atoms with Crippen molar-refractivity contribution in [3.63, 3.8) is 0 Å². The predicted molar refractivity (Wildman–Crippen MR) is 84.2 cm³/mol. The van der Waals surface area contributed by atoms with Crippen molar-refractivity contribution in [3.8, 4) is 11.8 Å². The number of rotatable bonds is 4. The number of ether oxygens (including phenoxy) is 1. The average Bonchev–Trinajstić information content (AvgIpc) is 3.15. The maximum absolute atomic E-state index is 10.2. The van der Waals surface area contributed by atoms with Gasteiger partial charge in [0.2, 0.25) is 0 Å². The number of β-amino-alcohol motifs (C(OH)–C–C–N with tert-alkyl or cyclic N) is 1. The monoisotopic (exact) mass is 313 g/mol. The highest BCUT2D eigenvalue weighted by Gasteiger charge is 2.34. The van der Waals surface area contributed by atoms with Gasteiger partial charge in [0.25, 0.3) is 0 Å². The summed E-state index contributed by atoms with van der Waals surface area (Å²) in [6.45, 7) is 5.57. The van der Waals surface area contributed by atoms with Crippen LogP contribution in [0.4, 0.5) is 5.82 Å². The minimum atomic E-state index is -0.599. The normalized spacial score (nSPS) is 20.5. The van der Waals surface area contributed by atoms with E-state index in [0.717, 1.165) is 12.4 Å². The highest BCUT2D eigenvalue weighted by molar-refractivity contribution is 5.46. The fourth-order valence-corrected chi connectivity index (χ4v) is 2.65. The van der Waals surface area contributed by atoms with Crippen LogP contribution >= 0.6 is 0 Å². The smallest absolute Gasteiger partial charge is 0.157 e. The summed E-state index contributed by atoms with van der Waals surface area (Å²) in [5, 5.41) is 23.4. The summed E-state index contributed by atoms with van der Waals surface area (Å²) in [4.78, 5) is 6.41. The number of nitriles is 1. The van der Waals surface area contributed by atoms with Crippen molar-refractivity contribution in [2.75, 3.05) is 18.0 Å². The van der Waals surface area contributed by atoms with E-state index in [2.05, 4.69) is 16.2 Å². The summed E-state index contributed by atoms with van der Waals surface area (Å²) in [5.74, 6) is 1.40. The lowest BCUT2D eigenvalue weighted by molar-refractivity contribution is 0.0737. The molecular weight excluding hydrogens is 294 g/mol. The van der Waals surface area contributed by atoms with Crippen molar-refractivity contribution in [2.45, 2.75) is 32.6 Å². The van der Waals surface area contributed by atoms with Gasteiger partial charge in [-0.25, -0.2) is 4.98 Å². The number of aliphatic hydroxyl groups is 1. The molecule has 0 radical (unpaired) electrons. The van der Waals surface area contributed by atoms with Crippen LogP contribution < -0.4 is 9.64 Å². The summed E-state index contributed by atoms with van der Waals surface area (Å²) in [5.41, 5.74) is 1.25. The second kappa shape index (κ2) is 6.26. The van der Waals surface area contributed by atoms with Crippen LogP contribution in [0.15, 0.2) is 24.5 Å². The Morgan fingerprint density at radius 2 is 2.26 bits per heavy atom. The van der Waals surface area contributed by atoms with Crippen LogP contribution in [0.3, 0.4) is 0 Å². The molecule has 7 heteroatoms. The Bertz CT molecular complexity index is 736. The van der Waals surface area contributed by atoms with Crippen molar-refractivity contribution >= 4 is 5.82 Å². The van der Waals surface area contributed by atoms with E-state index in [1.165, 1.54) is 0 Å². The summed E-state index contributed by atoms with van der Waals surface area (Å²) in [6, 6.07) is 5.66. The molecule has 0 bridgehead atoms. The molecule has 0 amide bonds. The zero-order valence-electron chi connectivity index (χ0n) is 13.2. The third kappa shape index (κ3) is 3.12. The van der Waals surface area contributed by atoms with Gasteiger partial charge in [-0.15, -0.1) is 0 Å². The molecule has 120 valence electrons. The second-order valence-corrected chi connectivity index (χ2v) is 5.57. The average molecular weight is 313 g/mol. The summed E-state index contributed by atoms with van der Waals surface area (Å²) < 4.78 is 7.62. The number of anilines is 1. The third-order valence-corrected chi connectivity index (χ3v) is 3.97. The van der Waals surface area contributed by atoms with Crippen LogP contribution in [0.5, 0.6) is 5.75 Å². The Labute approximate surface area is 134 Å². The van der Waals surface area contributed by atoms with Gasteiger partial charge < -0.3 is 14.7 Å². The molecule has 0 spiro atoms. The molecule has 2 atom stereocenters. The van der Waals surface area contributed by atoms with E-state index in [4.69, 9.17) is 10.00 Å². The fourth-order valence-electron chi connectivity index (χ4n) is 2.65.